The largest absolute Gasteiger partial charge is 0.339 e. The highest BCUT2D eigenvalue weighted by Gasteiger charge is 2.26. The van der Waals surface area contributed by atoms with Crippen molar-refractivity contribution < 1.29 is 14.4 Å². The third-order valence-corrected chi connectivity index (χ3v) is 5.12. The van der Waals surface area contributed by atoms with Crippen molar-refractivity contribution in [3.63, 3.8) is 0 Å². The number of hydrogen-bond acceptors (Lipinski definition) is 4. The van der Waals surface area contributed by atoms with E-state index in [1.165, 1.54) is 0 Å². The van der Waals surface area contributed by atoms with E-state index in [-0.39, 0.29) is 17.7 Å². The first kappa shape index (κ1) is 18.4. The Balaban J connectivity index is 1.43. The Kier molecular flexibility index (Phi) is 5.88. The summed E-state index contributed by atoms with van der Waals surface area (Å²) in [5, 5.41) is 0. The summed E-state index contributed by atoms with van der Waals surface area (Å²) >= 11 is 0. The van der Waals surface area contributed by atoms with Gasteiger partial charge in [0.1, 0.15) is 0 Å². The van der Waals surface area contributed by atoms with E-state index >= 15 is 0 Å². The van der Waals surface area contributed by atoms with Gasteiger partial charge in [-0.15, -0.1) is 0 Å². The minimum atomic E-state index is 0.0527. The van der Waals surface area contributed by atoms with E-state index in [1.54, 1.807) is 11.8 Å². The Morgan fingerprint density at radius 1 is 0.769 bits per heavy atom. The molecule has 1 aromatic rings. The zero-order valence-corrected chi connectivity index (χ0v) is 15.3. The third kappa shape index (κ3) is 4.40. The van der Waals surface area contributed by atoms with Gasteiger partial charge < -0.3 is 14.7 Å². The van der Waals surface area contributed by atoms with Gasteiger partial charge in [-0.05, 0) is 12.1 Å². The summed E-state index contributed by atoms with van der Waals surface area (Å²) < 4.78 is 0. The van der Waals surface area contributed by atoms with Crippen LogP contribution in [0.3, 0.4) is 0 Å². The monoisotopic (exact) mass is 358 g/mol. The lowest BCUT2D eigenvalue weighted by Gasteiger charge is -2.37. The van der Waals surface area contributed by atoms with Crippen LogP contribution in [0.25, 0.3) is 0 Å². The second-order valence-electron chi connectivity index (χ2n) is 6.82. The zero-order chi connectivity index (χ0) is 18.5. The first-order chi connectivity index (χ1) is 12.5. The number of benzene rings is 1. The molecule has 0 unspecified atom stereocenters. The highest BCUT2D eigenvalue weighted by molar-refractivity contribution is 5.94. The summed E-state index contributed by atoms with van der Waals surface area (Å²) in [7, 11) is 0. The predicted molar refractivity (Wildman–Crippen MR) is 97.6 cm³/mol. The van der Waals surface area contributed by atoms with E-state index in [0.717, 1.165) is 0 Å². The van der Waals surface area contributed by atoms with Gasteiger partial charge in [0.2, 0.25) is 11.8 Å². The number of piperazine rings is 2. The average molecular weight is 358 g/mol. The number of carbonyl (C=O) groups is 3. The molecule has 2 aliphatic rings. The first-order valence-corrected chi connectivity index (χ1v) is 9.14. The predicted octanol–water partition coefficient (Wildman–Crippen LogP) is 0.135. The van der Waals surface area contributed by atoms with E-state index in [9.17, 15) is 14.4 Å². The van der Waals surface area contributed by atoms with Gasteiger partial charge in [-0.2, -0.15) is 0 Å². The minimum absolute atomic E-state index is 0.0527. The van der Waals surface area contributed by atoms with Gasteiger partial charge >= 0.3 is 0 Å². The maximum atomic E-state index is 12.5. The molecule has 2 saturated heterocycles. The fourth-order valence-corrected chi connectivity index (χ4v) is 3.43. The fourth-order valence-electron chi connectivity index (χ4n) is 3.43. The molecule has 0 spiro atoms. The van der Waals surface area contributed by atoms with E-state index < -0.39 is 0 Å². The molecule has 0 N–H and O–H groups in total. The highest BCUT2D eigenvalue weighted by atomic mass is 16.2. The molecule has 1 aromatic carbocycles. The van der Waals surface area contributed by atoms with Gasteiger partial charge in [0.25, 0.3) is 5.91 Å². The second kappa shape index (κ2) is 8.31. The van der Waals surface area contributed by atoms with Crippen LogP contribution in [0.2, 0.25) is 0 Å². The van der Waals surface area contributed by atoms with Crippen molar-refractivity contribution in [1.29, 1.82) is 0 Å². The molecule has 0 saturated carbocycles. The second-order valence-corrected chi connectivity index (χ2v) is 6.82. The van der Waals surface area contributed by atoms with Crippen molar-refractivity contribution in [2.75, 3.05) is 58.9 Å². The van der Waals surface area contributed by atoms with Gasteiger partial charge in [-0.1, -0.05) is 18.2 Å². The summed E-state index contributed by atoms with van der Waals surface area (Å²) in [5.74, 6) is 0.226. The number of hydrogen-bond donors (Lipinski definition) is 0. The van der Waals surface area contributed by atoms with Crippen LogP contribution < -0.4 is 0 Å². The van der Waals surface area contributed by atoms with E-state index in [4.69, 9.17) is 0 Å². The summed E-state index contributed by atoms with van der Waals surface area (Å²) in [6.45, 7) is 7.06. The van der Waals surface area contributed by atoms with Crippen LogP contribution in [-0.2, 0) is 9.59 Å². The number of carbonyl (C=O) groups excluding carboxylic acids is 3. The summed E-state index contributed by atoms with van der Waals surface area (Å²) in [6.07, 6.45) is 0. The molecule has 7 nitrogen and oxygen atoms in total. The standard InChI is InChI=1S/C19H26N4O3/c1-16(24)21-11-13-22(14-12-21)18(25)15-20-7-9-23(10-8-20)19(26)17-5-3-2-4-6-17/h2-6H,7-15H2,1H3. The molecule has 140 valence electrons. The molecule has 2 fully saturated rings. The maximum Gasteiger partial charge on any atom is 0.253 e. The van der Waals surface area contributed by atoms with Gasteiger partial charge in [-0.3, -0.25) is 19.3 Å². The van der Waals surface area contributed by atoms with Crippen LogP contribution in [0.5, 0.6) is 0 Å². The molecular formula is C19H26N4O3. The lowest BCUT2D eigenvalue weighted by atomic mass is 10.2. The molecular weight excluding hydrogens is 332 g/mol. The van der Waals surface area contributed by atoms with Gasteiger partial charge in [0, 0.05) is 64.8 Å². The molecule has 0 atom stereocenters. The SMILES string of the molecule is CC(=O)N1CCN(C(=O)CN2CCN(C(=O)c3ccccc3)CC2)CC1. The fraction of sp³-hybridized carbons (Fsp3) is 0.526. The van der Waals surface area contributed by atoms with Crippen LogP contribution in [0.4, 0.5) is 0 Å². The molecule has 0 aromatic heterocycles. The summed E-state index contributed by atoms with van der Waals surface area (Å²) in [5.41, 5.74) is 0.709. The minimum Gasteiger partial charge on any atom is -0.339 e. The van der Waals surface area contributed by atoms with E-state index in [1.807, 2.05) is 40.1 Å². The molecule has 26 heavy (non-hydrogen) atoms. The van der Waals surface area contributed by atoms with Gasteiger partial charge in [0.15, 0.2) is 0 Å². The quantitative estimate of drug-likeness (QED) is 0.771. The van der Waals surface area contributed by atoms with Gasteiger partial charge in [-0.25, -0.2) is 0 Å². The maximum absolute atomic E-state index is 12.5. The lowest BCUT2D eigenvalue weighted by molar-refractivity contribution is -0.139. The van der Waals surface area contributed by atoms with Crippen LogP contribution in [-0.4, -0.2) is 96.2 Å². The normalized spacial score (nSPS) is 18.7. The molecule has 2 heterocycles. The smallest absolute Gasteiger partial charge is 0.253 e. The molecule has 0 aliphatic carbocycles. The Bertz CT molecular complexity index is 648. The molecule has 0 bridgehead atoms. The van der Waals surface area contributed by atoms with E-state index in [2.05, 4.69) is 4.90 Å². The van der Waals surface area contributed by atoms with Crippen LogP contribution >= 0.6 is 0 Å². The summed E-state index contributed by atoms with van der Waals surface area (Å²) in [4.78, 5) is 43.9. The Labute approximate surface area is 154 Å². The number of rotatable bonds is 3. The van der Waals surface area contributed by atoms with Crippen molar-refractivity contribution in [3.8, 4) is 0 Å². The van der Waals surface area contributed by atoms with Crippen molar-refractivity contribution in [1.82, 2.24) is 19.6 Å². The molecule has 0 radical (unpaired) electrons. The van der Waals surface area contributed by atoms with Crippen molar-refractivity contribution in [3.05, 3.63) is 35.9 Å². The molecule has 7 heteroatoms. The number of amides is 3. The first-order valence-electron chi connectivity index (χ1n) is 9.14. The zero-order valence-electron chi connectivity index (χ0n) is 15.3. The van der Waals surface area contributed by atoms with Crippen LogP contribution in [0, 0.1) is 0 Å². The van der Waals surface area contributed by atoms with Crippen LogP contribution in [0.15, 0.2) is 30.3 Å². The molecule has 3 amide bonds. The Hall–Kier alpha value is -2.41. The topological polar surface area (TPSA) is 64.2 Å². The lowest BCUT2D eigenvalue weighted by Crippen LogP contribution is -2.54. The molecule has 3 rings (SSSR count). The van der Waals surface area contributed by atoms with Crippen LogP contribution in [0.1, 0.15) is 17.3 Å². The Morgan fingerprint density at radius 2 is 1.31 bits per heavy atom. The molecule has 2 aliphatic heterocycles. The highest BCUT2D eigenvalue weighted by Crippen LogP contribution is 2.10. The van der Waals surface area contributed by atoms with Crippen molar-refractivity contribution in [2.45, 2.75) is 6.92 Å². The average Bonchev–Trinajstić information content (AvgIpc) is 2.68. The third-order valence-electron chi connectivity index (χ3n) is 5.12. The van der Waals surface area contributed by atoms with E-state index in [0.29, 0.717) is 64.5 Å². The summed E-state index contributed by atoms with van der Waals surface area (Å²) in [6, 6.07) is 9.30. The Morgan fingerprint density at radius 3 is 1.88 bits per heavy atom. The van der Waals surface area contributed by atoms with Crippen molar-refractivity contribution in [2.24, 2.45) is 0 Å². The van der Waals surface area contributed by atoms with Crippen molar-refractivity contribution >= 4 is 17.7 Å². The van der Waals surface area contributed by atoms with Gasteiger partial charge in [0.05, 0.1) is 6.54 Å². The number of nitrogens with zero attached hydrogens (tertiary/aromatic N) is 4.